The lowest BCUT2D eigenvalue weighted by Crippen LogP contribution is -2.51. The predicted molar refractivity (Wildman–Crippen MR) is 138 cm³/mol. The highest BCUT2D eigenvalue weighted by atomic mass is 35.5. The van der Waals surface area contributed by atoms with Gasteiger partial charge < -0.3 is 19.5 Å². The van der Waals surface area contributed by atoms with Crippen LogP contribution in [-0.4, -0.2) is 60.8 Å². The van der Waals surface area contributed by atoms with Gasteiger partial charge in [0, 0.05) is 74.2 Å². The van der Waals surface area contributed by atoms with E-state index in [0.29, 0.717) is 27.3 Å². The maximum atomic E-state index is 12.8. The summed E-state index contributed by atoms with van der Waals surface area (Å²) < 4.78 is 7.39. The number of anilines is 2. The molecule has 6 nitrogen and oxygen atoms in total. The molecule has 34 heavy (non-hydrogen) atoms. The zero-order valence-corrected chi connectivity index (χ0v) is 20.4. The number of hydrogen-bond donors (Lipinski definition) is 1. The van der Waals surface area contributed by atoms with Gasteiger partial charge in [-0.15, -0.1) is 0 Å². The van der Waals surface area contributed by atoms with Gasteiger partial charge in [0.1, 0.15) is 0 Å². The van der Waals surface area contributed by atoms with Crippen molar-refractivity contribution in [3.05, 3.63) is 76.5 Å². The lowest BCUT2D eigenvalue weighted by molar-refractivity contribution is 0.0321. The fraction of sp³-hybridized carbons (Fsp3) is 0.346. The van der Waals surface area contributed by atoms with Crippen molar-refractivity contribution in [1.82, 2.24) is 9.47 Å². The minimum Gasteiger partial charge on any atom is -0.381 e. The molecule has 0 spiro atoms. The Hall–Kier alpha value is -2.51. The van der Waals surface area contributed by atoms with Crippen molar-refractivity contribution in [2.24, 2.45) is 0 Å². The lowest BCUT2D eigenvalue weighted by Gasteiger charge is -2.41. The van der Waals surface area contributed by atoms with Crippen LogP contribution in [0.25, 0.3) is 5.69 Å². The smallest absolute Gasteiger partial charge is 0.257 e. The van der Waals surface area contributed by atoms with E-state index >= 15 is 0 Å². The van der Waals surface area contributed by atoms with Crippen LogP contribution in [0.15, 0.2) is 60.9 Å². The number of nitrogens with zero attached hydrogens (tertiary/aromatic N) is 3. The molecule has 3 aromatic rings. The molecule has 3 heterocycles. The monoisotopic (exact) mass is 498 g/mol. The number of carbonyl (C=O) groups is 1. The summed E-state index contributed by atoms with van der Waals surface area (Å²) in [4.78, 5) is 17.7. The van der Waals surface area contributed by atoms with Crippen molar-refractivity contribution in [3.63, 3.8) is 0 Å². The first-order valence-corrected chi connectivity index (χ1v) is 12.4. The molecule has 1 aromatic heterocycles. The van der Waals surface area contributed by atoms with Gasteiger partial charge in [-0.25, -0.2) is 0 Å². The van der Waals surface area contributed by atoms with Gasteiger partial charge in [-0.3, -0.25) is 9.69 Å². The summed E-state index contributed by atoms with van der Waals surface area (Å²) in [5.74, 6) is -0.179. The third-order valence-electron chi connectivity index (χ3n) is 6.65. The summed E-state index contributed by atoms with van der Waals surface area (Å²) in [6.45, 7) is 5.70. The topological polar surface area (TPSA) is 49.7 Å². The van der Waals surface area contributed by atoms with Crippen molar-refractivity contribution < 1.29 is 9.53 Å². The Morgan fingerprint density at radius 1 is 0.941 bits per heavy atom. The second kappa shape index (κ2) is 10.4. The molecule has 0 radical (unpaired) electrons. The summed E-state index contributed by atoms with van der Waals surface area (Å²) >= 11 is 12.6. The maximum Gasteiger partial charge on any atom is 0.257 e. The van der Waals surface area contributed by atoms with Crippen LogP contribution in [0, 0.1) is 0 Å². The Kier molecular flexibility index (Phi) is 7.11. The molecule has 8 heteroatoms. The molecule has 0 bridgehead atoms. The van der Waals surface area contributed by atoms with Gasteiger partial charge in [0.15, 0.2) is 0 Å². The third kappa shape index (κ3) is 5.26. The van der Waals surface area contributed by atoms with Crippen molar-refractivity contribution in [2.75, 3.05) is 49.6 Å². The first-order valence-electron chi connectivity index (χ1n) is 11.7. The normalized spacial score (nSPS) is 17.6. The predicted octanol–water partition coefficient (Wildman–Crippen LogP) is 5.34. The molecule has 2 aliphatic rings. The Balaban J connectivity index is 1.20. The molecule has 1 amide bonds. The first kappa shape index (κ1) is 23.2. The second-order valence-electron chi connectivity index (χ2n) is 8.77. The zero-order valence-electron chi connectivity index (χ0n) is 18.9. The van der Waals surface area contributed by atoms with E-state index in [-0.39, 0.29) is 5.91 Å². The van der Waals surface area contributed by atoms with Crippen LogP contribution < -0.4 is 10.2 Å². The summed E-state index contributed by atoms with van der Waals surface area (Å²) in [5, 5.41) is 4.28. The number of carbonyl (C=O) groups excluding carboxylic acids is 1. The Labute approximate surface area is 210 Å². The molecule has 2 aliphatic heterocycles. The number of aromatic nitrogens is 1. The number of halogens is 2. The van der Waals surface area contributed by atoms with E-state index in [9.17, 15) is 4.79 Å². The van der Waals surface area contributed by atoms with E-state index in [1.807, 2.05) is 53.2 Å². The minimum atomic E-state index is -0.179. The van der Waals surface area contributed by atoms with Gasteiger partial charge in [-0.2, -0.15) is 0 Å². The zero-order chi connectivity index (χ0) is 23.5. The molecule has 5 rings (SSSR count). The Morgan fingerprint density at radius 2 is 1.68 bits per heavy atom. The maximum absolute atomic E-state index is 12.8. The van der Waals surface area contributed by atoms with Crippen LogP contribution in [0.4, 0.5) is 11.4 Å². The van der Waals surface area contributed by atoms with Gasteiger partial charge in [-0.1, -0.05) is 23.2 Å². The molecule has 0 saturated carbocycles. The number of ether oxygens (including phenoxy) is 1. The largest absolute Gasteiger partial charge is 0.381 e. The average Bonchev–Trinajstić information content (AvgIpc) is 3.36. The first-order chi connectivity index (χ1) is 16.6. The fourth-order valence-corrected chi connectivity index (χ4v) is 5.15. The van der Waals surface area contributed by atoms with E-state index in [1.165, 1.54) is 0 Å². The molecule has 0 atom stereocenters. The molecule has 0 unspecified atom stereocenters. The minimum absolute atomic E-state index is 0.179. The SMILES string of the molecule is O=C(Nc1ccc(N2CCN(C3CCOCC3)CC2)c(Cl)c1)c1ccn(-c2ccc(Cl)cc2)c1. The van der Waals surface area contributed by atoms with Gasteiger partial charge in [-0.05, 0) is 61.4 Å². The van der Waals surface area contributed by atoms with Crippen molar-refractivity contribution in [1.29, 1.82) is 0 Å². The molecule has 2 fully saturated rings. The van der Waals surface area contributed by atoms with Crippen LogP contribution in [0.2, 0.25) is 10.0 Å². The van der Waals surface area contributed by atoms with Crippen LogP contribution >= 0.6 is 23.2 Å². The highest BCUT2D eigenvalue weighted by molar-refractivity contribution is 6.33. The highest BCUT2D eigenvalue weighted by Crippen LogP contribution is 2.30. The molecular weight excluding hydrogens is 471 g/mol. The number of nitrogens with one attached hydrogen (secondary N) is 1. The van der Waals surface area contributed by atoms with Crippen LogP contribution in [0.1, 0.15) is 23.2 Å². The molecule has 1 N–H and O–H groups in total. The number of amides is 1. The van der Waals surface area contributed by atoms with Crippen molar-refractivity contribution in [3.8, 4) is 5.69 Å². The van der Waals surface area contributed by atoms with E-state index in [0.717, 1.165) is 63.6 Å². The van der Waals surface area contributed by atoms with Gasteiger partial charge in [0.2, 0.25) is 0 Å². The van der Waals surface area contributed by atoms with Gasteiger partial charge in [0.05, 0.1) is 16.3 Å². The van der Waals surface area contributed by atoms with Gasteiger partial charge >= 0.3 is 0 Å². The number of rotatable bonds is 5. The van der Waals surface area contributed by atoms with Crippen molar-refractivity contribution in [2.45, 2.75) is 18.9 Å². The molecular formula is C26H28Cl2N4O2. The van der Waals surface area contributed by atoms with Crippen LogP contribution in [-0.2, 0) is 4.74 Å². The molecule has 2 aromatic carbocycles. The van der Waals surface area contributed by atoms with Crippen LogP contribution in [0.5, 0.6) is 0 Å². The fourth-order valence-electron chi connectivity index (χ4n) is 4.73. The summed E-state index contributed by atoms with van der Waals surface area (Å²) in [6, 6.07) is 15.6. The highest BCUT2D eigenvalue weighted by Gasteiger charge is 2.26. The number of hydrogen-bond acceptors (Lipinski definition) is 4. The van der Waals surface area contributed by atoms with Crippen LogP contribution in [0.3, 0.4) is 0 Å². The summed E-state index contributed by atoms with van der Waals surface area (Å²) in [6.07, 6.45) is 5.90. The van der Waals surface area contributed by atoms with E-state index in [4.69, 9.17) is 27.9 Å². The molecule has 0 aliphatic carbocycles. The van der Waals surface area contributed by atoms with Crippen molar-refractivity contribution >= 4 is 40.5 Å². The van der Waals surface area contributed by atoms with Gasteiger partial charge in [0.25, 0.3) is 5.91 Å². The molecule has 178 valence electrons. The van der Waals surface area contributed by atoms with E-state index < -0.39 is 0 Å². The lowest BCUT2D eigenvalue weighted by atomic mass is 10.1. The average molecular weight is 499 g/mol. The second-order valence-corrected chi connectivity index (χ2v) is 9.61. The molecule has 2 saturated heterocycles. The third-order valence-corrected chi connectivity index (χ3v) is 7.20. The Morgan fingerprint density at radius 3 is 2.38 bits per heavy atom. The quantitative estimate of drug-likeness (QED) is 0.515. The van der Waals surface area contributed by atoms with E-state index in [1.54, 1.807) is 12.3 Å². The number of benzene rings is 2. The van der Waals surface area contributed by atoms with E-state index in [2.05, 4.69) is 15.1 Å². The summed E-state index contributed by atoms with van der Waals surface area (Å²) in [5.41, 5.74) is 3.20. The summed E-state index contributed by atoms with van der Waals surface area (Å²) in [7, 11) is 0. The number of piperazine rings is 1. The standard InChI is InChI=1S/C26H28Cl2N4O2/c27-20-1-4-22(5-2-20)32-10-7-19(18-32)26(33)29-21-3-6-25(24(28)17-21)31-13-11-30(12-14-31)23-8-15-34-16-9-23/h1-7,10,17-18,23H,8-9,11-16H2,(H,29,33). The Bertz CT molecular complexity index is 1130.